The SMILES string of the molecule is CCn1nccc1/C=C/Br. The Morgan fingerprint density at radius 2 is 2.60 bits per heavy atom. The fourth-order valence-corrected chi connectivity index (χ4v) is 1.08. The Bertz CT molecular complexity index is 227. The van der Waals surface area contributed by atoms with Crippen LogP contribution in [0.1, 0.15) is 12.6 Å². The molecule has 0 amide bonds. The summed E-state index contributed by atoms with van der Waals surface area (Å²) in [6, 6.07) is 1.97. The van der Waals surface area contributed by atoms with Gasteiger partial charge in [0.15, 0.2) is 0 Å². The van der Waals surface area contributed by atoms with E-state index in [1.54, 1.807) is 6.20 Å². The zero-order valence-electron chi connectivity index (χ0n) is 5.79. The van der Waals surface area contributed by atoms with Crippen LogP contribution < -0.4 is 0 Å². The zero-order chi connectivity index (χ0) is 7.40. The van der Waals surface area contributed by atoms with Gasteiger partial charge < -0.3 is 0 Å². The predicted octanol–water partition coefficient (Wildman–Crippen LogP) is 2.27. The van der Waals surface area contributed by atoms with Crippen LogP contribution in [0.5, 0.6) is 0 Å². The first-order valence-corrected chi connectivity index (χ1v) is 4.08. The number of hydrogen-bond acceptors (Lipinski definition) is 1. The maximum atomic E-state index is 4.10. The summed E-state index contributed by atoms with van der Waals surface area (Å²) in [4.78, 5) is 1.83. The van der Waals surface area contributed by atoms with Gasteiger partial charge in [-0.25, -0.2) is 0 Å². The smallest absolute Gasteiger partial charge is 0.0614 e. The lowest BCUT2D eigenvalue weighted by Gasteiger charge is -1.96. The molecule has 0 aliphatic heterocycles. The van der Waals surface area contributed by atoms with E-state index in [9.17, 15) is 0 Å². The predicted molar refractivity (Wildman–Crippen MR) is 45.9 cm³/mol. The van der Waals surface area contributed by atoms with Crippen molar-refractivity contribution in [3.63, 3.8) is 0 Å². The molecule has 10 heavy (non-hydrogen) atoms. The van der Waals surface area contributed by atoms with Crippen molar-refractivity contribution in [3.8, 4) is 0 Å². The quantitative estimate of drug-likeness (QED) is 0.717. The lowest BCUT2D eigenvalue weighted by atomic mass is 10.4. The summed E-state index contributed by atoms with van der Waals surface area (Å²) >= 11 is 3.21. The van der Waals surface area contributed by atoms with E-state index in [1.807, 2.05) is 21.8 Å². The minimum Gasteiger partial charge on any atom is -0.266 e. The lowest BCUT2D eigenvalue weighted by molar-refractivity contribution is 0.654. The first kappa shape index (κ1) is 7.54. The van der Waals surface area contributed by atoms with E-state index < -0.39 is 0 Å². The molecular weight excluding hydrogens is 192 g/mol. The molecule has 0 fully saturated rings. The van der Waals surface area contributed by atoms with Gasteiger partial charge in [0.2, 0.25) is 0 Å². The van der Waals surface area contributed by atoms with Crippen LogP contribution >= 0.6 is 15.9 Å². The van der Waals surface area contributed by atoms with Crippen molar-refractivity contribution < 1.29 is 0 Å². The van der Waals surface area contributed by atoms with Crippen molar-refractivity contribution in [2.75, 3.05) is 0 Å². The summed E-state index contributed by atoms with van der Waals surface area (Å²) in [5.41, 5.74) is 1.12. The van der Waals surface area contributed by atoms with Gasteiger partial charge in [-0.2, -0.15) is 5.10 Å². The van der Waals surface area contributed by atoms with Crippen LogP contribution in [-0.4, -0.2) is 9.78 Å². The summed E-state index contributed by atoms with van der Waals surface area (Å²) in [6.07, 6.45) is 3.77. The topological polar surface area (TPSA) is 17.8 Å². The van der Waals surface area contributed by atoms with Crippen molar-refractivity contribution in [1.29, 1.82) is 0 Å². The van der Waals surface area contributed by atoms with Gasteiger partial charge in [0, 0.05) is 12.7 Å². The molecule has 1 aromatic heterocycles. The first-order valence-electron chi connectivity index (χ1n) is 3.17. The molecule has 0 saturated heterocycles. The van der Waals surface area contributed by atoms with Gasteiger partial charge in [0.05, 0.1) is 5.69 Å². The Morgan fingerprint density at radius 3 is 3.20 bits per heavy atom. The largest absolute Gasteiger partial charge is 0.266 e. The molecule has 54 valence electrons. The molecule has 0 aromatic carbocycles. The highest BCUT2D eigenvalue weighted by Crippen LogP contribution is 2.02. The van der Waals surface area contributed by atoms with Crippen molar-refractivity contribution in [1.82, 2.24) is 9.78 Å². The molecular formula is C7H9BrN2. The summed E-state index contributed by atoms with van der Waals surface area (Å²) in [5, 5.41) is 4.10. The van der Waals surface area contributed by atoms with Crippen molar-refractivity contribution in [2.45, 2.75) is 13.5 Å². The molecule has 1 heterocycles. The van der Waals surface area contributed by atoms with Gasteiger partial charge in [-0.1, -0.05) is 15.9 Å². The van der Waals surface area contributed by atoms with E-state index in [1.165, 1.54) is 0 Å². The van der Waals surface area contributed by atoms with Gasteiger partial charge in [-0.05, 0) is 24.1 Å². The van der Waals surface area contributed by atoms with E-state index in [2.05, 4.69) is 28.0 Å². The number of aryl methyl sites for hydroxylation is 1. The second-order valence-corrected chi connectivity index (χ2v) is 2.39. The van der Waals surface area contributed by atoms with Crippen LogP contribution in [-0.2, 0) is 6.54 Å². The van der Waals surface area contributed by atoms with Crippen LogP contribution in [0.3, 0.4) is 0 Å². The summed E-state index contributed by atoms with van der Waals surface area (Å²) < 4.78 is 1.93. The summed E-state index contributed by atoms with van der Waals surface area (Å²) in [5.74, 6) is 0. The zero-order valence-corrected chi connectivity index (χ0v) is 7.37. The summed E-state index contributed by atoms with van der Waals surface area (Å²) in [7, 11) is 0. The number of rotatable bonds is 2. The molecule has 2 nitrogen and oxygen atoms in total. The van der Waals surface area contributed by atoms with Crippen LogP contribution in [0.4, 0.5) is 0 Å². The fourth-order valence-electron chi connectivity index (χ4n) is 0.813. The highest BCUT2D eigenvalue weighted by atomic mass is 79.9. The lowest BCUT2D eigenvalue weighted by Crippen LogP contribution is -1.97. The highest BCUT2D eigenvalue weighted by molar-refractivity contribution is 9.11. The van der Waals surface area contributed by atoms with Crippen LogP contribution in [0.15, 0.2) is 17.2 Å². The highest BCUT2D eigenvalue weighted by Gasteiger charge is 1.92. The molecule has 0 N–H and O–H groups in total. The van der Waals surface area contributed by atoms with Gasteiger partial charge in [0.25, 0.3) is 0 Å². The molecule has 0 aliphatic carbocycles. The van der Waals surface area contributed by atoms with Crippen LogP contribution in [0.25, 0.3) is 6.08 Å². The third-order valence-corrected chi connectivity index (χ3v) is 1.55. The first-order chi connectivity index (χ1) is 4.88. The van der Waals surface area contributed by atoms with Gasteiger partial charge in [0.1, 0.15) is 0 Å². The molecule has 3 heteroatoms. The molecule has 0 radical (unpaired) electrons. The van der Waals surface area contributed by atoms with E-state index >= 15 is 0 Å². The van der Waals surface area contributed by atoms with Crippen LogP contribution in [0, 0.1) is 0 Å². The summed E-state index contributed by atoms with van der Waals surface area (Å²) in [6.45, 7) is 2.98. The normalized spacial score (nSPS) is 11.0. The average molecular weight is 201 g/mol. The molecule has 0 bridgehead atoms. The van der Waals surface area contributed by atoms with Crippen molar-refractivity contribution in [3.05, 3.63) is 22.9 Å². The molecule has 1 rings (SSSR count). The Morgan fingerprint density at radius 1 is 1.80 bits per heavy atom. The molecule has 0 saturated carbocycles. The number of hydrogen-bond donors (Lipinski definition) is 0. The third-order valence-electron chi connectivity index (χ3n) is 1.28. The maximum absolute atomic E-state index is 4.10. The second kappa shape index (κ2) is 3.56. The van der Waals surface area contributed by atoms with Gasteiger partial charge in [-0.3, -0.25) is 4.68 Å². The molecule has 0 spiro atoms. The Hall–Kier alpha value is -0.570. The third kappa shape index (κ3) is 1.48. The standard InChI is InChI=1S/C7H9BrN2/c1-2-10-7(3-5-8)4-6-9-10/h3-6H,2H2,1H3/b5-3+. The van der Waals surface area contributed by atoms with E-state index in [4.69, 9.17) is 0 Å². The maximum Gasteiger partial charge on any atom is 0.0614 e. The number of aromatic nitrogens is 2. The van der Waals surface area contributed by atoms with Gasteiger partial charge in [-0.15, -0.1) is 0 Å². The van der Waals surface area contributed by atoms with Crippen molar-refractivity contribution in [2.24, 2.45) is 0 Å². The molecule has 1 aromatic rings. The van der Waals surface area contributed by atoms with E-state index in [-0.39, 0.29) is 0 Å². The Labute approximate surface area is 68.7 Å². The van der Waals surface area contributed by atoms with Crippen LogP contribution in [0.2, 0.25) is 0 Å². The van der Waals surface area contributed by atoms with E-state index in [0.29, 0.717) is 0 Å². The number of halogens is 1. The fraction of sp³-hybridized carbons (Fsp3) is 0.286. The monoisotopic (exact) mass is 200 g/mol. The Balaban J connectivity index is 2.90. The minimum atomic E-state index is 0.916. The second-order valence-electron chi connectivity index (χ2n) is 1.86. The molecule has 0 aliphatic rings. The van der Waals surface area contributed by atoms with E-state index in [0.717, 1.165) is 12.2 Å². The van der Waals surface area contributed by atoms with Crippen molar-refractivity contribution >= 4 is 22.0 Å². The minimum absolute atomic E-state index is 0.916. The molecule has 0 unspecified atom stereocenters. The average Bonchev–Trinajstić information content (AvgIpc) is 2.36. The number of nitrogens with zero attached hydrogens (tertiary/aromatic N) is 2. The Kier molecular flexibility index (Phi) is 2.68. The molecule has 0 atom stereocenters. The van der Waals surface area contributed by atoms with Gasteiger partial charge >= 0.3 is 0 Å².